The zero-order valence-electron chi connectivity index (χ0n) is 10.7. The van der Waals surface area contributed by atoms with Gasteiger partial charge in [0.2, 0.25) is 0 Å². The number of carboxylic acids is 1. The SMILES string of the molecule is CC(c1ccc(Br)cc1)C1(C(=O)O)CCCCC1. The van der Waals surface area contributed by atoms with Crippen LogP contribution in [0.3, 0.4) is 0 Å². The summed E-state index contributed by atoms with van der Waals surface area (Å²) in [6.07, 6.45) is 4.85. The van der Waals surface area contributed by atoms with Gasteiger partial charge >= 0.3 is 5.97 Å². The van der Waals surface area contributed by atoms with E-state index in [2.05, 4.69) is 22.9 Å². The summed E-state index contributed by atoms with van der Waals surface area (Å²) in [6, 6.07) is 8.05. The molecule has 1 saturated carbocycles. The lowest BCUT2D eigenvalue weighted by molar-refractivity contribution is -0.152. The van der Waals surface area contributed by atoms with Gasteiger partial charge in [-0.3, -0.25) is 4.79 Å². The van der Waals surface area contributed by atoms with Crippen molar-refractivity contribution in [3.05, 3.63) is 34.3 Å². The van der Waals surface area contributed by atoms with Gasteiger partial charge in [0.25, 0.3) is 0 Å². The molecule has 2 rings (SSSR count). The molecule has 0 heterocycles. The Kier molecular flexibility index (Phi) is 4.10. The summed E-state index contributed by atoms with van der Waals surface area (Å²) in [6.45, 7) is 2.06. The van der Waals surface area contributed by atoms with E-state index < -0.39 is 11.4 Å². The van der Waals surface area contributed by atoms with Crippen LogP contribution in [-0.4, -0.2) is 11.1 Å². The number of aliphatic carboxylic acids is 1. The predicted octanol–water partition coefficient (Wildman–Crippen LogP) is 4.59. The highest BCUT2D eigenvalue weighted by Gasteiger charge is 2.44. The molecule has 1 N–H and O–H groups in total. The quantitative estimate of drug-likeness (QED) is 0.886. The second kappa shape index (κ2) is 5.43. The third kappa shape index (κ3) is 2.46. The highest BCUT2D eigenvalue weighted by Crippen LogP contribution is 2.47. The van der Waals surface area contributed by atoms with Crippen LogP contribution >= 0.6 is 15.9 Å². The molecule has 0 spiro atoms. The molecular formula is C15H19BrO2. The van der Waals surface area contributed by atoms with Crippen molar-refractivity contribution in [3.8, 4) is 0 Å². The Morgan fingerprint density at radius 3 is 2.28 bits per heavy atom. The molecule has 98 valence electrons. The van der Waals surface area contributed by atoms with E-state index in [-0.39, 0.29) is 5.92 Å². The Hall–Kier alpha value is -0.830. The average Bonchev–Trinajstić information content (AvgIpc) is 2.39. The Morgan fingerprint density at radius 1 is 1.22 bits per heavy atom. The topological polar surface area (TPSA) is 37.3 Å². The van der Waals surface area contributed by atoms with Gasteiger partial charge in [-0.2, -0.15) is 0 Å². The van der Waals surface area contributed by atoms with Crippen molar-refractivity contribution >= 4 is 21.9 Å². The molecule has 1 fully saturated rings. The van der Waals surface area contributed by atoms with Crippen molar-refractivity contribution in [3.63, 3.8) is 0 Å². The summed E-state index contributed by atoms with van der Waals surface area (Å²) < 4.78 is 1.03. The van der Waals surface area contributed by atoms with Crippen LogP contribution in [0.5, 0.6) is 0 Å². The number of halogens is 1. The lowest BCUT2D eigenvalue weighted by Crippen LogP contribution is -2.38. The van der Waals surface area contributed by atoms with Gasteiger partial charge in [0.1, 0.15) is 0 Å². The molecule has 1 aromatic carbocycles. The standard InChI is InChI=1S/C15H19BrO2/c1-11(12-5-7-13(16)8-6-12)15(14(17)18)9-3-2-4-10-15/h5-8,11H,2-4,9-10H2,1H3,(H,17,18). The Morgan fingerprint density at radius 2 is 1.78 bits per heavy atom. The maximum absolute atomic E-state index is 11.7. The first-order valence-electron chi connectivity index (χ1n) is 6.55. The molecule has 1 unspecified atom stereocenters. The molecular weight excluding hydrogens is 292 g/mol. The Bertz CT molecular complexity index is 419. The van der Waals surface area contributed by atoms with Crippen molar-refractivity contribution in [2.24, 2.45) is 5.41 Å². The molecule has 1 aromatic rings. The molecule has 0 aromatic heterocycles. The first-order valence-corrected chi connectivity index (χ1v) is 7.34. The molecule has 18 heavy (non-hydrogen) atoms. The van der Waals surface area contributed by atoms with Crippen LogP contribution in [0.4, 0.5) is 0 Å². The maximum atomic E-state index is 11.7. The number of benzene rings is 1. The van der Waals surface area contributed by atoms with E-state index in [9.17, 15) is 9.90 Å². The van der Waals surface area contributed by atoms with Crippen LogP contribution in [0, 0.1) is 5.41 Å². The molecule has 3 heteroatoms. The van der Waals surface area contributed by atoms with Crippen molar-refractivity contribution < 1.29 is 9.90 Å². The maximum Gasteiger partial charge on any atom is 0.310 e. The number of carbonyl (C=O) groups is 1. The Labute approximate surface area is 117 Å². The summed E-state index contributed by atoms with van der Waals surface area (Å²) in [7, 11) is 0. The second-order valence-electron chi connectivity index (χ2n) is 5.30. The molecule has 0 saturated heterocycles. The first-order chi connectivity index (χ1) is 8.56. The second-order valence-corrected chi connectivity index (χ2v) is 6.21. The highest BCUT2D eigenvalue weighted by atomic mass is 79.9. The third-order valence-electron chi connectivity index (χ3n) is 4.37. The highest BCUT2D eigenvalue weighted by molar-refractivity contribution is 9.10. The van der Waals surface area contributed by atoms with E-state index in [4.69, 9.17) is 0 Å². The molecule has 2 nitrogen and oxygen atoms in total. The van der Waals surface area contributed by atoms with Crippen molar-refractivity contribution in [1.82, 2.24) is 0 Å². The summed E-state index contributed by atoms with van der Waals surface area (Å²) in [5.41, 5.74) is 0.564. The zero-order chi connectivity index (χ0) is 13.2. The summed E-state index contributed by atoms with van der Waals surface area (Å²) >= 11 is 3.42. The van der Waals surface area contributed by atoms with Gasteiger partial charge in [-0.25, -0.2) is 0 Å². The molecule has 0 radical (unpaired) electrons. The molecule has 0 bridgehead atoms. The van der Waals surface area contributed by atoms with Crippen molar-refractivity contribution in [1.29, 1.82) is 0 Å². The fraction of sp³-hybridized carbons (Fsp3) is 0.533. The average molecular weight is 311 g/mol. The minimum Gasteiger partial charge on any atom is -0.481 e. The first kappa shape index (κ1) is 13.6. The molecule has 1 aliphatic carbocycles. The van der Waals surface area contributed by atoms with E-state index in [1.807, 2.05) is 24.3 Å². The van der Waals surface area contributed by atoms with Crippen LogP contribution in [0.15, 0.2) is 28.7 Å². The van der Waals surface area contributed by atoms with Gasteiger partial charge in [-0.15, -0.1) is 0 Å². The smallest absolute Gasteiger partial charge is 0.310 e. The van der Waals surface area contributed by atoms with Crippen LogP contribution in [-0.2, 0) is 4.79 Å². The van der Waals surface area contributed by atoms with E-state index in [1.165, 1.54) is 6.42 Å². The van der Waals surface area contributed by atoms with Gasteiger partial charge in [-0.1, -0.05) is 54.2 Å². The summed E-state index contributed by atoms with van der Waals surface area (Å²) in [5, 5.41) is 9.67. The minimum atomic E-state index is -0.627. The largest absolute Gasteiger partial charge is 0.481 e. The van der Waals surface area contributed by atoms with Crippen LogP contribution < -0.4 is 0 Å². The van der Waals surface area contributed by atoms with Gasteiger partial charge < -0.3 is 5.11 Å². The number of hydrogen-bond donors (Lipinski definition) is 1. The van der Waals surface area contributed by atoms with Crippen LogP contribution in [0.2, 0.25) is 0 Å². The molecule has 0 aliphatic heterocycles. The lowest BCUT2D eigenvalue weighted by atomic mass is 9.64. The van der Waals surface area contributed by atoms with Crippen molar-refractivity contribution in [2.45, 2.75) is 44.9 Å². The fourth-order valence-corrected chi connectivity index (χ4v) is 3.35. The van der Waals surface area contributed by atoms with Gasteiger partial charge in [0.15, 0.2) is 0 Å². The van der Waals surface area contributed by atoms with E-state index in [1.54, 1.807) is 0 Å². The Balaban J connectivity index is 2.30. The minimum absolute atomic E-state index is 0.0726. The monoisotopic (exact) mass is 310 g/mol. The fourth-order valence-electron chi connectivity index (χ4n) is 3.09. The third-order valence-corrected chi connectivity index (χ3v) is 4.90. The van der Waals surface area contributed by atoms with E-state index in [0.29, 0.717) is 0 Å². The number of rotatable bonds is 3. The summed E-state index contributed by atoms with van der Waals surface area (Å²) in [4.78, 5) is 11.7. The number of hydrogen-bond acceptors (Lipinski definition) is 1. The zero-order valence-corrected chi connectivity index (χ0v) is 12.2. The van der Waals surface area contributed by atoms with Gasteiger partial charge in [-0.05, 0) is 36.5 Å². The van der Waals surface area contributed by atoms with Crippen LogP contribution in [0.1, 0.15) is 50.5 Å². The number of carboxylic acid groups (broad SMARTS) is 1. The summed E-state index contributed by atoms with van der Waals surface area (Å²) in [5.74, 6) is -0.555. The van der Waals surface area contributed by atoms with E-state index in [0.717, 1.165) is 35.7 Å². The normalized spacial score (nSPS) is 20.3. The van der Waals surface area contributed by atoms with Crippen molar-refractivity contribution in [2.75, 3.05) is 0 Å². The lowest BCUT2D eigenvalue weighted by Gasteiger charge is -2.38. The van der Waals surface area contributed by atoms with E-state index >= 15 is 0 Å². The van der Waals surface area contributed by atoms with Gasteiger partial charge in [0, 0.05) is 4.47 Å². The van der Waals surface area contributed by atoms with Crippen LogP contribution in [0.25, 0.3) is 0 Å². The molecule has 0 amide bonds. The molecule has 1 aliphatic rings. The predicted molar refractivity (Wildman–Crippen MR) is 75.7 cm³/mol. The van der Waals surface area contributed by atoms with Gasteiger partial charge in [0.05, 0.1) is 5.41 Å². The molecule has 1 atom stereocenters.